The second kappa shape index (κ2) is 9.59. The predicted molar refractivity (Wildman–Crippen MR) is 108 cm³/mol. The van der Waals surface area contributed by atoms with Gasteiger partial charge in [-0.25, -0.2) is 9.67 Å². The van der Waals surface area contributed by atoms with Crippen molar-refractivity contribution in [2.24, 2.45) is 0 Å². The molecule has 138 valence electrons. The zero-order valence-corrected chi connectivity index (χ0v) is 15.7. The highest BCUT2D eigenvalue weighted by Gasteiger charge is 2.01. The van der Waals surface area contributed by atoms with E-state index in [-0.39, 0.29) is 5.91 Å². The van der Waals surface area contributed by atoms with Gasteiger partial charge in [-0.05, 0) is 42.2 Å². The molecule has 0 radical (unpaired) electrons. The van der Waals surface area contributed by atoms with Crippen LogP contribution in [0.4, 0.5) is 5.69 Å². The topological polar surface area (TPSA) is 69.0 Å². The molecule has 6 nitrogen and oxygen atoms in total. The van der Waals surface area contributed by atoms with Crippen LogP contribution in [0.5, 0.6) is 5.75 Å². The molecule has 3 rings (SSSR count). The summed E-state index contributed by atoms with van der Waals surface area (Å²) in [7, 11) is 0. The molecule has 0 atom stereocenters. The molecule has 0 fully saturated rings. The summed E-state index contributed by atoms with van der Waals surface area (Å²) in [6, 6.07) is 15.3. The average Bonchev–Trinajstić information content (AvgIpc) is 3.21. The number of nitrogens with one attached hydrogen (secondary N) is 1. The van der Waals surface area contributed by atoms with E-state index in [1.165, 1.54) is 17.3 Å². The molecule has 1 amide bonds. The molecule has 3 aromatic rings. The summed E-state index contributed by atoms with van der Waals surface area (Å²) in [5, 5.41) is 6.86. The normalized spacial score (nSPS) is 10.9. The SMILES string of the molecule is CSc1ccc(C=CC(=O)Nc2cccc(OCCn3cncn3)c2)cc1. The summed E-state index contributed by atoms with van der Waals surface area (Å²) >= 11 is 1.69. The van der Waals surface area contributed by atoms with E-state index in [2.05, 4.69) is 15.4 Å². The first-order valence-corrected chi connectivity index (χ1v) is 9.64. The Morgan fingerprint density at radius 3 is 2.85 bits per heavy atom. The van der Waals surface area contributed by atoms with E-state index in [9.17, 15) is 4.79 Å². The number of rotatable bonds is 8. The van der Waals surface area contributed by atoms with Crippen LogP contribution in [0.25, 0.3) is 6.08 Å². The number of hydrogen-bond donors (Lipinski definition) is 1. The fourth-order valence-electron chi connectivity index (χ4n) is 2.34. The van der Waals surface area contributed by atoms with Gasteiger partial charge in [0.1, 0.15) is 25.0 Å². The van der Waals surface area contributed by atoms with Crippen LogP contribution >= 0.6 is 11.8 Å². The predicted octanol–water partition coefficient (Wildman–Crippen LogP) is 3.73. The third-order valence-electron chi connectivity index (χ3n) is 3.70. The van der Waals surface area contributed by atoms with Crippen LogP contribution in [0.1, 0.15) is 5.56 Å². The number of amides is 1. The number of aromatic nitrogens is 3. The quantitative estimate of drug-likeness (QED) is 0.476. The Morgan fingerprint density at radius 1 is 1.26 bits per heavy atom. The minimum absolute atomic E-state index is 0.191. The molecule has 0 spiro atoms. The minimum atomic E-state index is -0.191. The summed E-state index contributed by atoms with van der Waals surface area (Å²) in [4.78, 5) is 17.2. The summed E-state index contributed by atoms with van der Waals surface area (Å²) in [6.45, 7) is 1.07. The smallest absolute Gasteiger partial charge is 0.248 e. The van der Waals surface area contributed by atoms with Gasteiger partial charge in [0.15, 0.2) is 0 Å². The van der Waals surface area contributed by atoms with Crippen molar-refractivity contribution in [3.8, 4) is 5.75 Å². The van der Waals surface area contributed by atoms with Crippen LogP contribution < -0.4 is 10.1 Å². The average molecular weight is 380 g/mol. The minimum Gasteiger partial charge on any atom is -0.492 e. The van der Waals surface area contributed by atoms with Crippen molar-refractivity contribution in [1.82, 2.24) is 14.8 Å². The molecule has 0 unspecified atom stereocenters. The van der Waals surface area contributed by atoms with Crippen molar-refractivity contribution in [3.63, 3.8) is 0 Å². The van der Waals surface area contributed by atoms with Gasteiger partial charge in [0.25, 0.3) is 0 Å². The number of carbonyl (C=O) groups excluding carboxylic acids is 1. The third-order valence-corrected chi connectivity index (χ3v) is 4.44. The van der Waals surface area contributed by atoms with Gasteiger partial charge in [-0.15, -0.1) is 11.8 Å². The van der Waals surface area contributed by atoms with E-state index < -0.39 is 0 Å². The number of thioether (sulfide) groups is 1. The third kappa shape index (κ3) is 6.00. The molecule has 0 saturated heterocycles. The van der Waals surface area contributed by atoms with Crippen LogP contribution in [-0.2, 0) is 11.3 Å². The molecule has 1 heterocycles. The molecular formula is C20H20N4O2S. The lowest BCUT2D eigenvalue weighted by Gasteiger charge is -2.08. The molecule has 2 aromatic carbocycles. The molecule has 1 aromatic heterocycles. The largest absolute Gasteiger partial charge is 0.492 e. The van der Waals surface area contributed by atoms with E-state index in [0.29, 0.717) is 24.6 Å². The first-order valence-electron chi connectivity index (χ1n) is 8.41. The number of benzene rings is 2. The Bertz CT molecular complexity index is 893. The Morgan fingerprint density at radius 2 is 2.11 bits per heavy atom. The van der Waals surface area contributed by atoms with E-state index in [4.69, 9.17) is 4.74 Å². The fraction of sp³-hybridized carbons (Fsp3) is 0.150. The molecule has 7 heteroatoms. The lowest BCUT2D eigenvalue weighted by molar-refractivity contribution is -0.111. The lowest BCUT2D eigenvalue weighted by Crippen LogP contribution is -2.10. The van der Waals surface area contributed by atoms with E-state index in [1.54, 1.807) is 34.9 Å². The van der Waals surface area contributed by atoms with Gasteiger partial charge in [0, 0.05) is 22.7 Å². The Balaban J connectivity index is 1.51. The van der Waals surface area contributed by atoms with Crippen LogP contribution in [0.3, 0.4) is 0 Å². The monoisotopic (exact) mass is 380 g/mol. The van der Waals surface area contributed by atoms with Crippen LogP contribution in [-0.4, -0.2) is 33.5 Å². The maximum Gasteiger partial charge on any atom is 0.248 e. The summed E-state index contributed by atoms with van der Waals surface area (Å²) in [6.07, 6.45) is 8.47. The van der Waals surface area contributed by atoms with Crippen molar-refractivity contribution in [2.45, 2.75) is 11.4 Å². The second-order valence-corrected chi connectivity index (χ2v) is 6.51. The van der Waals surface area contributed by atoms with Gasteiger partial charge >= 0.3 is 0 Å². The van der Waals surface area contributed by atoms with Gasteiger partial charge in [0.2, 0.25) is 5.91 Å². The van der Waals surface area contributed by atoms with E-state index in [0.717, 1.165) is 5.56 Å². The molecule has 1 N–H and O–H groups in total. The van der Waals surface area contributed by atoms with Crippen molar-refractivity contribution in [3.05, 3.63) is 72.8 Å². The molecule has 27 heavy (non-hydrogen) atoms. The van der Waals surface area contributed by atoms with Gasteiger partial charge < -0.3 is 10.1 Å². The zero-order valence-electron chi connectivity index (χ0n) is 14.9. The Hall–Kier alpha value is -3.06. The first-order chi connectivity index (χ1) is 13.2. The Labute approximate surface area is 162 Å². The maximum atomic E-state index is 12.1. The Kier molecular flexibility index (Phi) is 6.65. The van der Waals surface area contributed by atoms with Gasteiger partial charge in [0.05, 0.1) is 6.54 Å². The molecule has 0 bridgehead atoms. The number of hydrogen-bond acceptors (Lipinski definition) is 5. The molecular weight excluding hydrogens is 360 g/mol. The highest BCUT2D eigenvalue weighted by Crippen LogP contribution is 2.18. The number of anilines is 1. The van der Waals surface area contributed by atoms with Crippen molar-refractivity contribution < 1.29 is 9.53 Å². The van der Waals surface area contributed by atoms with E-state index in [1.807, 2.05) is 48.7 Å². The first kappa shape index (κ1) is 18.7. The van der Waals surface area contributed by atoms with Crippen molar-refractivity contribution in [1.29, 1.82) is 0 Å². The lowest BCUT2D eigenvalue weighted by atomic mass is 10.2. The molecule has 0 aliphatic carbocycles. The molecule has 0 aliphatic heterocycles. The summed E-state index contributed by atoms with van der Waals surface area (Å²) in [5.41, 5.74) is 1.66. The van der Waals surface area contributed by atoms with Gasteiger partial charge in [-0.2, -0.15) is 5.10 Å². The standard InChI is InChI=1S/C20H20N4O2S/c1-27-19-8-5-16(6-9-19)7-10-20(25)23-17-3-2-4-18(13-17)26-12-11-24-15-21-14-22-24/h2-10,13-15H,11-12H2,1H3,(H,23,25). The van der Waals surface area contributed by atoms with Crippen LogP contribution in [0, 0.1) is 0 Å². The fourth-order valence-corrected chi connectivity index (χ4v) is 2.75. The number of nitrogens with zero attached hydrogens (tertiary/aromatic N) is 3. The summed E-state index contributed by atoms with van der Waals surface area (Å²) in [5.74, 6) is 0.494. The van der Waals surface area contributed by atoms with Crippen LogP contribution in [0.2, 0.25) is 0 Å². The molecule has 0 saturated carbocycles. The van der Waals surface area contributed by atoms with Gasteiger partial charge in [-0.3, -0.25) is 4.79 Å². The zero-order chi connectivity index (χ0) is 18.9. The highest BCUT2D eigenvalue weighted by molar-refractivity contribution is 7.98. The van der Waals surface area contributed by atoms with E-state index >= 15 is 0 Å². The van der Waals surface area contributed by atoms with Gasteiger partial charge in [-0.1, -0.05) is 18.2 Å². The van der Waals surface area contributed by atoms with Crippen LogP contribution in [0.15, 0.2) is 72.2 Å². The summed E-state index contributed by atoms with van der Waals surface area (Å²) < 4.78 is 7.39. The molecule has 0 aliphatic rings. The number of carbonyl (C=O) groups is 1. The second-order valence-electron chi connectivity index (χ2n) is 5.63. The highest BCUT2D eigenvalue weighted by atomic mass is 32.2. The maximum absolute atomic E-state index is 12.1. The van der Waals surface area contributed by atoms with Crippen molar-refractivity contribution >= 4 is 29.4 Å². The van der Waals surface area contributed by atoms with Crippen molar-refractivity contribution in [2.75, 3.05) is 18.2 Å². The number of ether oxygens (including phenoxy) is 1.